The van der Waals surface area contributed by atoms with Crippen molar-refractivity contribution in [3.63, 3.8) is 0 Å². The predicted octanol–water partition coefficient (Wildman–Crippen LogP) is 6.85. The van der Waals surface area contributed by atoms with Gasteiger partial charge in [0.15, 0.2) is 4.32 Å². The molecule has 4 bridgehead atoms. The Balaban J connectivity index is 1.23. The second kappa shape index (κ2) is 8.90. The van der Waals surface area contributed by atoms with E-state index in [9.17, 15) is 9.59 Å². The molecule has 4 aliphatic carbocycles. The maximum Gasteiger partial charge on any atom is 0.285 e. The Labute approximate surface area is 230 Å². The number of nitrogens with zero attached hydrogens (tertiary/aromatic N) is 2. The van der Waals surface area contributed by atoms with Crippen LogP contribution < -0.4 is 5.43 Å². The van der Waals surface area contributed by atoms with Crippen molar-refractivity contribution in [3.8, 4) is 5.69 Å². The van der Waals surface area contributed by atoms with E-state index >= 15 is 0 Å². The van der Waals surface area contributed by atoms with Gasteiger partial charge in [0.25, 0.3) is 5.91 Å². The molecule has 0 unspecified atom stereocenters. The Morgan fingerprint density at radius 1 is 1.08 bits per heavy atom. The number of hydrogen-bond donors (Lipinski definition) is 1. The number of hydrazine groups is 1. The molecule has 9 heteroatoms. The highest BCUT2D eigenvalue weighted by Gasteiger charge is 2.55. The van der Waals surface area contributed by atoms with Crippen LogP contribution in [0.1, 0.15) is 55.5 Å². The van der Waals surface area contributed by atoms with E-state index in [-0.39, 0.29) is 17.2 Å². The first kappa shape index (κ1) is 24.5. The van der Waals surface area contributed by atoms with Gasteiger partial charge in [0.1, 0.15) is 0 Å². The van der Waals surface area contributed by atoms with Crippen molar-refractivity contribution in [2.75, 3.05) is 0 Å². The fourth-order valence-electron chi connectivity index (χ4n) is 7.27. The monoisotopic (exact) mass is 559 g/mol. The van der Waals surface area contributed by atoms with Gasteiger partial charge >= 0.3 is 0 Å². The van der Waals surface area contributed by atoms with E-state index in [0.29, 0.717) is 37.0 Å². The van der Waals surface area contributed by atoms with Crippen LogP contribution in [-0.4, -0.2) is 25.7 Å². The van der Waals surface area contributed by atoms with Crippen molar-refractivity contribution in [1.29, 1.82) is 0 Å². The summed E-state index contributed by atoms with van der Waals surface area (Å²) in [6.07, 6.45) is 8.46. The molecule has 0 atom stereocenters. The van der Waals surface area contributed by atoms with Crippen molar-refractivity contribution in [1.82, 2.24) is 15.0 Å². The fourth-order valence-corrected chi connectivity index (χ4v) is 8.73. The summed E-state index contributed by atoms with van der Waals surface area (Å²) >= 11 is 19.1. The minimum Gasteiger partial charge on any atom is -0.318 e. The molecule has 1 aromatic carbocycles. The van der Waals surface area contributed by atoms with Gasteiger partial charge in [0, 0.05) is 17.1 Å². The number of aryl methyl sites for hydroxylation is 1. The van der Waals surface area contributed by atoms with Gasteiger partial charge in [0.05, 0.1) is 20.4 Å². The van der Waals surface area contributed by atoms with Crippen LogP contribution in [0, 0.1) is 37.0 Å². The molecule has 1 N–H and O–H groups in total. The van der Waals surface area contributed by atoms with Crippen molar-refractivity contribution in [3.05, 3.63) is 56.2 Å². The lowest BCUT2D eigenvalue weighted by atomic mass is 9.49. The van der Waals surface area contributed by atoms with Gasteiger partial charge in [0.2, 0.25) is 5.91 Å². The van der Waals surface area contributed by atoms with E-state index in [2.05, 4.69) is 9.99 Å². The number of benzene rings is 1. The molecule has 1 aliphatic heterocycles. The summed E-state index contributed by atoms with van der Waals surface area (Å²) < 4.78 is 2.44. The summed E-state index contributed by atoms with van der Waals surface area (Å²) in [7, 11) is 0. The molecule has 2 amide bonds. The Kier molecular flexibility index (Phi) is 6.06. The molecule has 36 heavy (non-hydrogen) atoms. The van der Waals surface area contributed by atoms with E-state index in [1.165, 1.54) is 36.0 Å². The highest BCUT2D eigenvalue weighted by atomic mass is 35.5. The van der Waals surface area contributed by atoms with Gasteiger partial charge in [-0.25, -0.2) is 0 Å². The zero-order valence-corrected chi connectivity index (χ0v) is 23.3. The Morgan fingerprint density at radius 3 is 2.33 bits per heavy atom. The number of hydrogen-bond acceptors (Lipinski definition) is 4. The van der Waals surface area contributed by atoms with Crippen LogP contribution in [0.15, 0.2) is 29.2 Å². The van der Waals surface area contributed by atoms with E-state index in [1.807, 2.05) is 38.1 Å². The van der Waals surface area contributed by atoms with Crippen LogP contribution in [0.3, 0.4) is 0 Å². The number of nitrogens with one attached hydrogen (secondary N) is 1. The summed E-state index contributed by atoms with van der Waals surface area (Å²) in [5, 5.41) is 2.27. The normalized spacial score (nSPS) is 30.1. The van der Waals surface area contributed by atoms with Crippen LogP contribution in [0.2, 0.25) is 10.0 Å². The third-order valence-electron chi connectivity index (χ3n) is 8.45. The second-order valence-corrected chi connectivity index (χ2v) is 13.4. The van der Waals surface area contributed by atoms with E-state index in [0.717, 1.165) is 41.9 Å². The van der Waals surface area contributed by atoms with Crippen molar-refractivity contribution >= 4 is 69.4 Å². The number of halogens is 2. The zero-order chi connectivity index (χ0) is 25.4. The van der Waals surface area contributed by atoms with Gasteiger partial charge in [-0.15, -0.1) is 0 Å². The van der Waals surface area contributed by atoms with E-state index < -0.39 is 0 Å². The Bertz CT molecular complexity index is 1310. The maximum atomic E-state index is 13.5. The van der Waals surface area contributed by atoms with Crippen LogP contribution in [0.25, 0.3) is 11.8 Å². The largest absolute Gasteiger partial charge is 0.318 e. The number of thioether (sulfide) groups is 1. The molecule has 2 heterocycles. The Morgan fingerprint density at radius 2 is 1.72 bits per heavy atom. The third kappa shape index (κ3) is 4.03. The smallest absolute Gasteiger partial charge is 0.285 e. The number of thiocarbonyl (C=S) groups is 1. The molecule has 1 aromatic heterocycles. The minimum atomic E-state index is -0.341. The molecular weight excluding hydrogens is 533 g/mol. The van der Waals surface area contributed by atoms with Crippen molar-refractivity contribution < 1.29 is 9.59 Å². The third-order valence-corrected chi connectivity index (χ3v) is 10.5. The standard InChI is InChI=1S/C27H27Cl2N3O2S2/c1-14-5-19(15(2)31(14)20-3-4-21(28)22(29)10-20)9-23-24(33)32(26(35)36-23)30-25(34)27-11-16-6-17(12-27)8-18(7-16)13-27/h3-5,9-10,16-18H,6-8,11-13H2,1-2H3,(H,30,34)/b23-9-. The summed E-state index contributed by atoms with van der Waals surface area (Å²) in [6, 6.07) is 7.54. The first-order valence-electron chi connectivity index (χ1n) is 12.4. The zero-order valence-electron chi connectivity index (χ0n) is 20.1. The molecule has 0 radical (unpaired) electrons. The van der Waals surface area contributed by atoms with Gasteiger partial charge in [-0.05, 0) is 118 Å². The van der Waals surface area contributed by atoms with Crippen LogP contribution in [0.4, 0.5) is 0 Å². The molecule has 5 aliphatic rings. The lowest BCUT2D eigenvalue weighted by molar-refractivity contribution is -0.152. The van der Waals surface area contributed by atoms with Crippen molar-refractivity contribution in [2.24, 2.45) is 23.2 Å². The lowest BCUT2D eigenvalue weighted by Crippen LogP contribution is -2.57. The van der Waals surface area contributed by atoms with Gasteiger partial charge < -0.3 is 4.57 Å². The maximum absolute atomic E-state index is 13.5. The Hall–Kier alpha value is -1.80. The van der Waals surface area contributed by atoms with Crippen LogP contribution in [-0.2, 0) is 9.59 Å². The SMILES string of the molecule is Cc1cc(/C=C2\SC(=S)N(NC(=O)C34CC5CC(CC(C5)C3)C4)C2=O)c(C)n1-c1ccc(Cl)c(Cl)c1. The summed E-state index contributed by atoms with van der Waals surface area (Å²) in [5.41, 5.74) is 6.36. The van der Waals surface area contributed by atoms with Gasteiger partial charge in [-0.2, -0.15) is 5.01 Å². The second-order valence-electron chi connectivity index (χ2n) is 10.9. The number of carbonyl (C=O) groups is 2. The molecule has 0 spiro atoms. The summed E-state index contributed by atoms with van der Waals surface area (Å²) in [5.74, 6) is 1.65. The minimum absolute atomic E-state index is 0.0306. The van der Waals surface area contributed by atoms with Crippen LogP contribution >= 0.6 is 47.2 Å². The van der Waals surface area contributed by atoms with Crippen molar-refractivity contribution in [2.45, 2.75) is 52.4 Å². The number of amides is 2. The molecule has 188 valence electrons. The highest BCUT2D eigenvalue weighted by molar-refractivity contribution is 8.26. The average molecular weight is 561 g/mol. The summed E-state index contributed by atoms with van der Waals surface area (Å²) in [4.78, 5) is 27.3. The molecule has 1 saturated heterocycles. The average Bonchev–Trinajstić information content (AvgIpc) is 3.24. The van der Waals surface area contributed by atoms with Crippen LogP contribution in [0.5, 0.6) is 0 Å². The molecular formula is C27H27Cl2N3O2S2. The topological polar surface area (TPSA) is 54.3 Å². The quantitative estimate of drug-likeness (QED) is 0.328. The molecule has 4 saturated carbocycles. The van der Waals surface area contributed by atoms with Gasteiger partial charge in [-0.3, -0.25) is 15.0 Å². The molecule has 2 aromatic rings. The number of aromatic nitrogens is 1. The van der Waals surface area contributed by atoms with E-state index in [4.69, 9.17) is 35.4 Å². The molecule has 5 fully saturated rings. The van der Waals surface area contributed by atoms with Gasteiger partial charge in [-0.1, -0.05) is 35.0 Å². The highest BCUT2D eigenvalue weighted by Crippen LogP contribution is 2.60. The fraction of sp³-hybridized carbons (Fsp3) is 0.444. The molecule has 7 rings (SSSR count). The molecule has 5 nitrogen and oxygen atoms in total. The van der Waals surface area contributed by atoms with E-state index in [1.54, 1.807) is 6.07 Å². The lowest BCUT2D eigenvalue weighted by Gasteiger charge is -2.55. The first-order chi connectivity index (χ1) is 17.1. The predicted molar refractivity (Wildman–Crippen MR) is 149 cm³/mol. The first-order valence-corrected chi connectivity index (χ1v) is 14.3. The summed E-state index contributed by atoms with van der Waals surface area (Å²) in [6.45, 7) is 4.00. The number of rotatable bonds is 4. The number of carbonyl (C=O) groups excluding carboxylic acids is 2.